The molecule has 0 saturated heterocycles. The van der Waals surface area contributed by atoms with Crippen LogP contribution >= 0.6 is 23.2 Å². The van der Waals surface area contributed by atoms with Crippen molar-refractivity contribution in [2.45, 2.75) is 0 Å². The maximum atomic E-state index is 10.9. The van der Waals surface area contributed by atoms with Gasteiger partial charge in [-0.2, -0.15) is 0 Å². The molecule has 0 aromatic heterocycles. The Bertz CT molecular complexity index is 704. The summed E-state index contributed by atoms with van der Waals surface area (Å²) in [5, 5.41) is 19.2. The molecule has 102 valence electrons. The summed E-state index contributed by atoms with van der Waals surface area (Å²) in [4.78, 5) is 10.3. The second kappa shape index (κ2) is 5.85. The van der Waals surface area contributed by atoms with Gasteiger partial charge in [0.05, 0.1) is 9.95 Å². The fraction of sp³-hybridized carbons (Fsp3) is 0. The van der Waals surface area contributed by atoms with E-state index in [0.29, 0.717) is 16.4 Å². The van der Waals surface area contributed by atoms with Gasteiger partial charge in [-0.3, -0.25) is 10.1 Å². The van der Waals surface area contributed by atoms with Crippen LogP contribution in [0.15, 0.2) is 46.6 Å². The van der Waals surface area contributed by atoms with Crippen molar-refractivity contribution in [3.8, 4) is 0 Å². The summed E-state index contributed by atoms with van der Waals surface area (Å²) >= 11 is 11.6. The molecule has 2 aromatic carbocycles. The van der Waals surface area contributed by atoms with Gasteiger partial charge >= 0.3 is 0 Å². The van der Waals surface area contributed by atoms with Gasteiger partial charge in [0.25, 0.3) is 5.69 Å². The number of nitrogen functional groups attached to an aromatic ring is 1. The van der Waals surface area contributed by atoms with Gasteiger partial charge in [0.2, 0.25) is 0 Å². The van der Waals surface area contributed by atoms with Crippen LogP contribution in [-0.2, 0) is 0 Å². The highest BCUT2D eigenvalue weighted by molar-refractivity contribution is 6.33. The Morgan fingerprint density at radius 3 is 2.35 bits per heavy atom. The van der Waals surface area contributed by atoms with Gasteiger partial charge in [0, 0.05) is 16.8 Å². The molecule has 0 saturated carbocycles. The molecule has 0 amide bonds. The predicted molar refractivity (Wildman–Crippen MR) is 78.1 cm³/mol. The highest BCUT2D eigenvalue weighted by Crippen LogP contribution is 2.33. The van der Waals surface area contributed by atoms with E-state index in [4.69, 9.17) is 28.9 Å². The number of hydrogen-bond donors (Lipinski definition) is 1. The normalized spacial score (nSPS) is 10.9. The summed E-state index contributed by atoms with van der Waals surface area (Å²) in [5.41, 5.74) is 6.27. The van der Waals surface area contributed by atoms with E-state index >= 15 is 0 Å². The molecule has 0 aliphatic heterocycles. The molecule has 0 radical (unpaired) electrons. The Kier molecular flexibility index (Phi) is 4.16. The number of halogens is 2. The van der Waals surface area contributed by atoms with E-state index in [-0.39, 0.29) is 16.4 Å². The number of rotatable bonds is 3. The second-order valence-corrected chi connectivity index (χ2v) is 4.64. The van der Waals surface area contributed by atoms with Crippen LogP contribution in [0.2, 0.25) is 10.0 Å². The lowest BCUT2D eigenvalue weighted by Crippen LogP contribution is -1.87. The van der Waals surface area contributed by atoms with Crippen LogP contribution in [0.1, 0.15) is 0 Å². The van der Waals surface area contributed by atoms with Gasteiger partial charge in [0.15, 0.2) is 5.69 Å². The topological polar surface area (TPSA) is 93.9 Å². The number of anilines is 1. The van der Waals surface area contributed by atoms with Gasteiger partial charge in [-0.25, -0.2) is 0 Å². The van der Waals surface area contributed by atoms with E-state index in [1.807, 2.05) is 0 Å². The molecule has 0 aliphatic carbocycles. The number of hydrogen-bond acceptors (Lipinski definition) is 5. The van der Waals surface area contributed by atoms with Crippen LogP contribution in [0, 0.1) is 10.1 Å². The van der Waals surface area contributed by atoms with Crippen molar-refractivity contribution < 1.29 is 4.92 Å². The SMILES string of the molecule is Nc1ccc(N=Nc2ccc(Cl)cc2[N+](=O)[O-])c(Cl)c1. The molecule has 0 unspecified atom stereocenters. The van der Waals surface area contributed by atoms with E-state index in [9.17, 15) is 10.1 Å². The second-order valence-electron chi connectivity index (χ2n) is 3.80. The maximum Gasteiger partial charge on any atom is 0.298 e. The van der Waals surface area contributed by atoms with Crippen molar-refractivity contribution >= 4 is 46.0 Å². The summed E-state index contributed by atoms with van der Waals surface area (Å²) in [6.07, 6.45) is 0. The highest BCUT2D eigenvalue weighted by atomic mass is 35.5. The van der Waals surface area contributed by atoms with Crippen molar-refractivity contribution in [1.29, 1.82) is 0 Å². The Labute approximate surface area is 124 Å². The molecule has 0 fully saturated rings. The van der Waals surface area contributed by atoms with Crippen molar-refractivity contribution in [2.24, 2.45) is 10.2 Å². The summed E-state index contributed by atoms with van der Waals surface area (Å²) < 4.78 is 0. The van der Waals surface area contributed by atoms with Crippen molar-refractivity contribution in [3.63, 3.8) is 0 Å². The molecule has 20 heavy (non-hydrogen) atoms. The molecule has 2 aromatic rings. The highest BCUT2D eigenvalue weighted by Gasteiger charge is 2.14. The van der Waals surface area contributed by atoms with Crippen LogP contribution in [0.4, 0.5) is 22.7 Å². The first-order valence-electron chi connectivity index (χ1n) is 5.38. The summed E-state index contributed by atoms with van der Waals surface area (Å²) in [5.74, 6) is 0. The Balaban J connectivity index is 2.38. The van der Waals surface area contributed by atoms with Crippen molar-refractivity contribution in [2.75, 3.05) is 5.73 Å². The maximum absolute atomic E-state index is 10.9. The minimum Gasteiger partial charge on any atom is -0.399 e. The largest absolute Gasteiger partial charge is 0.399 e. The molecule has 2 N–H and O–H groups in total. The zero-order valence-corrected chi connectivity index (χ0v) is 11.5. The van der Waals surface area contributed by atoms with Gasteiger partial charge in [-0.05, 0) is 30.3 Å². The van der Waals surface area contributed by atoms with Gasteiger partial charge in [-0.1, -0.05) is 23.2 Å². The smallest absolute Gasteiger partial charge is 0.298 e. The van der Waals surface area contributed by atoms with E-state index in [0.717, 1.165) is 0 Å². The molecular formula is C12H8Cl2N4O2. The molecule has 6 nitrogen and oxygen atoms in total. The molecule has 0 spiro atoms. The standard InChI is InChI=1S/C12H8Cl2N4O2/c13-7-1-3-11(12(5-7)18(19)20)17-16-10-4-2-8(15)6-9(10)14/h1-6H,15H2. The Hall–Kier alpha value is -2.18. The van der Waals surface area contributed by atoms with Crippen LogP contribution in [-0.4, -0.2) is 4.92 Å². The quantitative estimate of drug-likeness (QED) is 0.378. The third-order valence-electron chi connectivity index (χ3n) is 2.37. The van der Waals surface area contributed by atoms with Crippen LogP contribution in [0.3, 0.4) is 0 Å². The molecular weight excluding hydrogens is 303 g/mol. The third-order valence-corrected chi connectivity index (χ3v) is 2.91. The molecule has 0 atom stereocenters. The molecule has 0 bridgehead atoms. The number of nitrogens with two attached hydrogens (primary N) is 1. The molecule has 2 rings (SSSR count). The monoisotopic (exact) mass is 310 g/mol. The van der Waals surface area contributed by atoms with Gasteiger partial charge in [-0.15, -0.1) is 10.2 Å². The first kappa shape index (κ1) is 14.2. The Morgan fingerprint density at radius 2 is 1.70 bits per heavy atom. The lowest BCUT2D eigenvalue weighted by molar-refractivity contribution is -0.384. The fourth-order valence-electron chi connectivity index (χ4n) is 1.44. The first-order valence-corrected chi connectivity index (χ1v) is 6.13. The first-order chi connectivity index (χ1) is 9.47. The molecule has 8 heteroatoms. The Morgan fingerprint density at radius 1 is 1.05 bits per heavy atom. The summed E-state index contributed by atoms with van der Waals surface area (Å²) in [6, 6.07) is 8.81. The minimum absolute atomic E-state index is 0.0901. The van der Waals surface area contributed by atoms with E-state index in [1.54, 1.807) is 12.1 Å². The zero-order valence-electron chi connectivity index (χ0n) is 9.96. The zero-order chi connectivity index (χ0) is 14.7. The number of nitro groups is 1. The molecule has 0 aliphatic rings. The van der Waals surface area contributed by atoms with Gasteiger partial charge < -0.3 is 5.73 Å². The minimum atomic E-state index is -0.579. The average molecular weight is 311 g/mol. The summed E-state index contributed by atoms with van der Waals surface area (Å²) in [7, 11) is 0. The number of benzene rings is 2. The van der Waals surface area contributed by atoms with Crippen LogP contribution in [0.25, 0.3) is 0 Å². The van der Waals surface area contributed by atoms with Crippen LogP contribution < -0.4 is 5.73 Å². The number of nitro benzene ring substituents is 1. The lowest BCUT2D eigenvalue weighted by atomic mass is 10.3. The van der Waals surface area contributed by atoms with E-state index in [1.165, 1.54) is 24.3 Å². The van der Waals surface area contributed by atoms with E-state index in [2.05, 4.69) is 10.2 Å². The van der Waals surface area contributed by atoms with Gasteiger partial charge in [0.1, 0.15) is 5.69 Å². The third kappa shape index (κ3) is 3.23. The number of nitrogens with zero attached hydrogens (tertiary/aromatic N) is 3. The van der Waals surface area contributed by atoms with Crippen molar-refractivity contribution in [3.05, 3.63) is 56.6 Å². The van der Waals surface area contributed by atoms with Crippen molar-refractivity contribution in [1.82, 2.24) is 0 Å². The fourth-order valence-corrected chi connectivity index (χ4v) is 1.83. The molecule has 0 heterocycles. The summed E-state index contributed by atoms with van der Waals surface area (Å²) in [6.45, 7) is 0. The average Bonchev–Trinajstić information content (AvgIpc) is 2.38. The lowest BCUT2D eigenvalue weighted by Gasteiger charge is -1.99. The number of azo groups is 1. The van der Waals surface area contributed by atoms with Crippen LogP contribution in [0.5, 0.6) is 0 Å². The predicted octanol–water partition coefficient (Wildman–Crippen LogP) is 4.90. The van der Waals surface area contributed by atoms with E-state index < -0.39 is 4.92 Å².